The molecule has 5 nitrogen and oxygen atoms in total. The lowest BCUT2D eigenvalue weighted by Gasteiger charge is -2.04. The van der Waals surface area contributed by atoms with Crippen LogP contribution in [0.4, 0.5) is 5.69 Å². The Labute approximate surface area is 90.5 Å². The molecule has 0 heterocycles. The number of amides is 1. The van der Waals surface area contributed by atoms with Gasteiger partial charge >= 0.3 is 0 Å². The van der Waals surface area contributed by atoms with Gasteiger partial charge in [0, 0.05) is 4.47 Å². The fourth-order valence-electron chi connectivity index (χ4n) is 0.916. The number of benzene rings is 1. The first-order valence-electron chi connectivity index (χ1n) is 3.51. The Hall–Kier alpha value is -1.08. The number of primary amides is 1. The molecule has 1 rings (SSSR count). The summed E-state index contributed by atoms with van der Waals surface area (Å²) in [5.74, 6) is -0.689. The fourth-order valence-corrected chi connectivity index (χ4v) is 1.67. The smallest absolute Gasteiger partial charge is 0.250 e. The Morgan fingerprint density at radius 2 is 2.07 bits per heavy atom. The van der Waals surface area contributed by atoms with Crippen LogP contribution >= 0.6 is 15.9 Å². The maximum atomic E-state index is 10.9. The average Bonchev–Trinajstić information content (AvgIpc) is 2.07. The molecule has 0 aromatic heterocycles. The zero-order valence-electron chi connectivity index (χ0n) is 6.86. The van der Waals surface area contributed by atoms with Crippen LogP contribution < -0.4 is 10.5 Å². The molecule has 76 valence electrons. The van der Waals surface area contributed by atoms with Crippen molar-refractivity contribution in [3.8, 4) is 0 Å². The van der Waals surface area contributed by atoms with Crippen molar-refractivity contribution in [3.05, 3.63) is 28.2 Å². The van der Waals surface area contributed by atoms with Gasteiger partial charge in [-0.3, -0.25) is 9.52 Å². The normalized spacial score (nSPS) is 10.1. The predicted octanol–water partition coefficient (Wildman–Crippen LogP) is 0.486. The van der Waals surface area contributed by atoms with Gasteiger partial charge in [0.05, 0.1) is 11.3 Å². The average molecular weight is 279 g/mol. The molecule has 1 amide bonds. The van der Waals surface area contributed by atoms with Crippen LogP contribution in [-0.4, -0.2) is 14.3 Å². The van der Waals surface area contributed by atoms with Gasteiger partial charge in [-0.2, -0.15) is 0 Å². The van der Waals surface area contributed by atoms with E-state index in [2.05, 4.69) is 20.7 Å². The summed E-state index contributed by atoms with van der Waals surface area (Å²) >= 11 is 3.14. The van der Waals surface area contributed by atoms with E-state index in [1.54, 1.807) is 6.07 Å². The second kappa shape index (κ2) is 4.43. The Morgan fingerprint density at radius 3 is 2.57 bits per heavy atom. The lowest BCUT2D eigenvalue weighted by Crippen LogP contribution is -2.14. The number of nitrogens with one attached hydrogen (secondary N) is 1. The number of hydrogen-bond acceptors (Lipinski definition) is 3. The largest absolute Gasteiger partial charge is 0.366 e. The molecular formula is C7H7BrN2O3S. The summed E-state index contributed by atoms with van der Waals surface area (Å²) in [5.41, 5.74) is 5.36. The Morgan fingerprint density at radius 1 is 1.43 bits per heavy atom. The Bertz CT molecular complexity index is 437. The van der Waals surface area contributed by atoms with E-state index in [1.165, 1.54) is 12.1 Å². The molecule has 3 N–H and O–H groups in total. The van der Waals surface area contributed by atoms with Crippen LogP contribution in [-0.2, 0) is 10.9 Å². The van der Waals surface area contributed by atoms with Gasteiger partial charge in [-0.15, -0.1) is 0 Å². The lowest BCUT2D eigenvalue weighted by atomic mass is 10.2. The van der Waals surface area contributed by atoms with Gasteiger partial charge < -0.3 is 5.73 Å². The molecule has 0 aliphatic rings. The molecule has 1 aromatic rings. The first kappa shape index (κ1) is 11.0. The van der Waals surface area contributed by atoms with Gasteiger partial charge in [0.1, 0.15) is 0 Å². The number of anilines is 1. The molecule has 0 aliphatic carbocycles. The highest BCUT2D eigenvalue weighted by molar-refractivity contribution is 9.10. The van der Waals surface area contributed by atoms with E-state index in [9.17, 15) is 13.2 Å². The maximum Gasteiger partial charge on any atom is 0.250 e. The molecular weight excluding hydrogens is 272 g/mol. The zero-order chi connectivity index (χ0) is 10.7. The van der Waals surface area contributed by atoms with Gasteiger partial charge in [0.25, 0.3) is 5.91 Å². The summed E-state index contributed by atoms with van der Waals surface area (Å²) in [6.07, 6.45) is 0. The summed E-state index contributed by atoms with van der Waals surface area (Å²) < 4.78 is 23.5. The monoisotopic (exact) mass is 278 g/mol. The van der Waals surface area contributed by atoms with Crippen molar-refractivity contribution in [2.75, 3.05) is 4.72 Å². The van der Waals surface area contributed by atoms with Crippen LogP contribution in [0, 0.1) is 0 Å². The zero-order valence-corrected chi connectivity index (χ0v) is 9.34. The number of thiol groups is 1. The Balaban J connectivity index is 3.21. The van der Waals surface area contributed by atoms with Crippen LogP contribution in [0.25, 0.3) is 0 Å². The molecule has 1 aromatic carbocycles. The van der Waals surface area contributed by atoms with Crippen LogP contribution in [0.3, 0.4) is 0 Å². The van der Waals surface area contributed by atoms with Crippen LogP contribution in [0.15, 0.2) is 22.7 Å². The first-order valence-corrected chi connectivity index (χ1v) is 5.48. The van der Waals surface area contributed by atoms with E-state index >= 15 is 0 Å². The van der Waals surface area contributed by atoms with Gasteiger partial charge in [0.15, 0.2) is 0 Å². The van der Waals surface area contributed by atoms with E-state index < -0.39 is 16.8 Å². The van der Waals surface area contributed by atoms with Crippen molar-refractivity contribution in [1.82, 2.24) is 0 Å². The van der Waals surface area contributed by atoms with Gasteiger partial charge in [-0.25, -0.2) is 8.42 Å². The van der Waals surface area contributed by atoms with Crippen molar-refractivity contribution in [1.29, 1.82) is 0 Å². The standard InChI is InChI=1S/C7H7BrN2O3S/c8-4-1-2-6(10-14(12)13)5(3-4)7(9)11/h1-3,14H,(H2,9,11)(H,10,12,13). The molecule has 0 spiro atoms. The van der Waals surface area contributed by atoms with E-state index in [1.807, 2.05) is 0 Å². The van der Waals surface area contributed by atoms with E-state index in [4.69, 9.17) is 5.73 Å². The Kier molecular flexibility index (Phi) is 3.48. The minimum atomic E-state index is -2.80. The number of nitrogens with two attached hydrogens (primary N) is 1. The number of rotatable bonds is 3. The third kappa shape index (κ3) is 2.71. The van der Waals surface area contributed by atoms with Gasteiger partial charge in [0.2, 0.25) is 10.9 Å². The minimum Gasteiger partial charge on any atom is -0.366 e. The number of carbonyl (C=O) groups excluding carboxylic acids is 1. The summed E-state index contributed by atoms with van der Waals surface area (Å²) in [6, 6.07) is 4.51. The second-order valence-electron chi connectivity index (χ2n) is 2.42. The SMILES string of the molecule is NC(=O)c1cc(Br)ccc1N[SH](=O)=O. The van der Waals surface area contributed by atoms with Crippen molar-refractivity contribution in [2.45, 2.75) is 0 Å². The highest BCUT2D eigenvalue weighted by Crippen LogP contribution is 2.20. The fraction of sp³-hybridized carbons (Fsp3) is 0. The maximum absolute atomic E-state index is 10.9. The molecule has 0 saturated carbocycles. The van der Waals surface area contributed by atoms with Crippen molar-refractivity contribution in [2.24, 2.45) is 5.73 Å². The number of carbonyl (C=O) groups is 1. The summed E-state index contributed by atoms with van der Waals surface area (Å²) in [6.45, 7) is 0. The summed E-state index contributed by atoms with van der Waals surface area (Å²) in [7, 11) is -2.80. The molecule has 14 heavy (non-hydrogen) atoms. The third-order valence-corrected chi connectivity index (χ3v) is 2.38. The number of halogens is 1. The van der Waals surface area contributed by atoms with Gasteiger partial charge in [-0.1, -0.05) is 15.9 Å². The van der Waals surface area contributed by atoms with E-state index in [-0.39, 0.29) is 11.3 Å². The van der Waals surface area contributed by atoms with Crippen molar-refractivity contribution >= 4 is 38.4 Å². The summed E-state index contributed by atoms with van der Waals surface area (Å²) in [5, 5.41) is 0. The van der Waals surface area contributed by atoms with Crippen molar-refractivity contribution in [3.63, 3.8) is 0 Å². The highest BCUT2D eigenvalue weighted by atomic mass is 79.9. The second-order valence-corrected chi connectivity index (χ2v) is 4.08. The lowest BCUT2D eigenvalue weighted by molar-refractivity contribution is 0.100. The molecule has 7 heteroatoms. The number of hydrogen-bond donors (Lipinski definition) is 3. The first-order chi connectivity index (χ1) is 6.50. The van der Waals surface area contributed by atoms with E-state index in [0.717, 1.165) is 0 Å². The molecule has 0 unspecified atom stereocenters. The highest BCUT2D eigenvalue weighted by Gasteiger charge is 2.08. The van der Waals surface area contributed by atoms with Crippen molar-refractivity contribution < 1.29 is 13.2 Å². The molecule has 0 bridgehead atoms. The third-order valence-electron chi connectivity index (χ3n) is 1.46. The molecule has 0 radical (unpaired) electrons. The quantitative estimate of drug-likeness (QED) is 0.703. The predicted molar refractivity (Wildman–Crippen MR) is 56.6 cm³/mol. The molecule has 0 fully saturated rings. The van der Waals surface area contributed by atoms with Gasteiger partial charge in [-0.05, 0) is 18.2 Å². The molecule has 0 aliphatic heterocycles. The van der Waals surface area contributed by atoms with Crippen LogP contribution in [0.2, 0.25) is 0 Å². The van der Waals surface area contributed by atoms with Crippen LogP contribution in [0.1, 0.15) is 10.4 Å². The molecule has 0 saturated heterocycles. The molecule has 0 atom stereocenters. The van der Waals surface area contributed by atoms with E-state index in [0.29, 0.717) is 4.47 Å². The minimum absolute atomic E-state index is 0.124. The van der Waals surface area contributed by atoms with Crippen LogP contribution in [0.5, 0.6) is 0 Å². The topological polar surface area (TPSA) is 89.3 Å². The summed E-state index contributed by atoms with van der Waals surface area (Å²) in [4.78, 5) is 10.9.